The summed E-state index contributed by atoms with van der Waals surface area (Å²) in [6, 6.07) is 0.283. The Morgan fingerprint density at radius 2 is 2.27 bits per heavy atom. The van der Waals surface area contributed by atoms with Crippen LogP contribution in [0.5, 0.6) is 0 Å². The lowest BCUT2D eigenvalue weighted by molar-refractivity contribution is -0.125. The van der Waals surface area contributed by atoms with Gasteiger partial charge in [-0.1, -0.05) is 6.42 Å². The van der Waals surface area contributed by atoms with Crippen molar-refractivity contribution in [3.63, 3.8) is 0 Å². The molecule has 2 fully saturated rings. The van der Waals surface area contributed by atoms with Crippen molar-refractivity contribution in [2.45, 2.75) is 31.7 Å². The second-order valence-electron chi connectivity index (χ2n) is 4.66. The van der Waals surface area contributed by atoms with Crippen molar-refractivity contribution in [3.8, 4) is 0 Å². The van der Waals surface area contributed by atoms with Crippen molar-refractivity contribution in [3.05, 3.63) is 0 Å². The number of nitrogens with one attached hydrogen (secondary N) is 1. The first-order chi connectivity index (χ1) is 7.27. The van der Waals surface area contributed by atoms with Gasteiger partial charge < -0.3 is 15.8 Å². The number of carbonyl (C=O) groups is 1. The molecule has 4 nitrogen and oxygen atoms in total. The molecule has 0 spiro atoms. The van der Waals surface area contributed by atoms with Crippen LogP contribution in [0.15, 0.2) is 0 Å². The lowest BCUT2D eigenvalue weighted by atomic mass is 10.0. The van der Waals surface area contributed by atoms with Gasteiger partial charge in [0.2, 0.25) is 5.91 Å². The molecule has 1 saturated carbocycles. The molecule has 86 valence electrons. The summed E-state index contributed by atoms with van der Waals surface area (Å²) in [5.74, 6) is 0.700. The third-order valence-electron chi connectivity index (χ3n) is 3.56. The number of carbonyl (C=O) groups excluding carboxylic acids is 1. The molecule has 1 amide bonds. The van der Waals surface area contributed by atoms with Crippen LogP contribution in [0.2, 0.25) is 0 Å². The van der Waals surface area contributed by atoms with Gasteiger partial charge in [0, 0.05) is 19.2 Å². The minimum absolute atomic E-state index is 0.0719. The molecule has 3 unspecified atom stereocenters. The van der Waals surface area contributed by atoms with E-state index in [4.69, 9.17) is 10.5 Å². The molecule has 1 aliphatic carbocycles. The zero-order valence-electron chi connectivity index (χ0n) is 9.08. The molecule has 1 heterocycles. The summed E-state index contributed by atoms with van der Waals surface area (Å²) in [5, 5.41) is 3.00. The van der Waals surface area contributed by atoms with Gasteiger partial charge in [0.05, 0.1) is 12.5 Å². The summed E-state index contributed by atoms with van der Waals surface area (Å²) < 4.78 is 5.19. The number of hydrogen-bond acceptors (Lipinski definition) is 3. The van der Waals surface area contributed by atoms with Gasteiger partial charge >= 0.3 is 0 Å². The normalized spacial score (nSPS) is 35.7. The largest absolute Gasteiger partial charge is 0.381 e. The quantitative estimate of drug-likeness (QED) is 0.705. The fourth-order valence-corrected chi connectivity index (χ4v) is 2.44. The molecule has 0 bridgehead atoms. The Balaban J connectivity index is 1.70. The molecule has 0 aromatic rings. The van der Waals surface area contributed by atoms with Gasteiger partial charge in [-0.25, -0.2) is 0 Å². The van der Waals surface area contributed by atoms with Crippen molar-refractivity contribution < 1.29 is 9.53 Å². The zero-order chi connectivity index (χ0) is 10.7. The van der Waals surface area contributed by atoms with E-state index in [2.05, 4.69) is 5.32 Å². The van der Waals surface area contributed by atoms with Crippen molar-refractivity contribution in [2.75, 3.05) is 19.8 Å². The van der Waals surface area contributed by atoms with E-state index in [1.54, 1.807) is 0 Å². The molecule has 3 N–H and O–H groups in total. The van der Waals surface area contributed by atoms with E-state index in [-0.39, 0.29) is 17.9 Å². The summed E-state index contributed by atoms with van der Waals surface area (Å²) >= 11 is 0. The molecule has 0 aromatic carbocycles. The number of amides is 1. The highest BCUT2D eigenvalue weighted by molar-refractivity contribution is 5.78. The highest BCUT2D eigenvalue weighted by Gasteiger charge is 2.27. The van der Waals surface area contributed by atoms with Gasteiger partial charge in [-0.2, -0.15) is 0 Å². The zero-order valence-corrected chi connectivity index (χ0v) is 9.08. The topological polar surface area (TPSA) is 64.3 Å². The van der Waals surface area contributed by atoms with Crippen molar-refractivity contribution >= 4 is 5.91 Å². The second kappa shape index (κ2) is 4.94. The molecular weight excluding hydrogens is 192 g/mol. The fraction of sp³-hybridized carbons (Fsp3) is 0.909. The van der Waals surface area contributed by atoms with Gasteiger partial charge in [0.25, 0.3) is 0 Å². The first-order valence-electron chi connectivity index (χ1n) is 5.88. The third kappa shape index (κ3) is 2.69. The lowest BCUT2D eigenvalue weighted by Gasteiger charge is -2.17. The van der Waals surface area contributed by atoms with Crippen LogP contribution in [0.4, 0.5) is 0 Å². The van der Waals surface area contributed by atoms with Crippen LogP contribution in [0.3, 0.4) is 0 Å². The molecule has 3 atom stereocenters. The fourth-order valence-electron chi connectivity index (χ4n) is 2.44. The van der Waals surface area contributed by atoms with E-state index in [1.165, 1.54) is 6.42 Å². The molecular formula is C11H20N2O2. The second-order valence-corrected chi connectivity index (χ2v) is 4.66. The van der Waals surface area contributed by atoms with Crippen LogP contribution in [0.1, 0.15) is 25.7 Å². The smallest absolute Gasteiger partial charge is 0.225 e. The van der Waals surface area contributed by atoms with Crippen LogP contribution in [-0.2, 0) is 9.53 Å². The Morgan fingerprint density at radius 1 is 1.40 bits per heavy atom. The summed E-state index contributed by atoms with van der Waals surface area (Å²) in [6.45, 7) is 2.06. The molecule has 1 aliphatic heterocycles. The highest BCUT2D eigenvalue weighted by Crippen LogP contribution is 2.23. The van der Waals surface area contributed by atoms with E-state index >= 15 is 0 Å². The van der Waals surface area contributed by atoms with E-state index < -0.39 is 0 Å². The molecule has 0 aromatic heterocycles. The predicted molar refractivity (Wildman–Crippen MR) is 57.3 cm³/mol. The van der Waals surface area contributed by atoms with E-state index in [0.29, 0.717) is 12.5 Å². The molecule has 1 saturated heterocycles. The maximum Gasteiger partial charge on any atom is 0.225 e. The van der Waals surface area contributed by atoms with Crippen molar-refractivity contribution in [1.29, 1.82) is 0 Å². The Labute approximate surface area is 90.5 Å². The van der Waals surface area contributed by atoms with Crippen LogP contribution < -0.4 is 11.1 Å². The molecule has 15 heavy (non-hydrogen) atoms. The summed E-state index contributed by atoms with van der Waals surface area (Å²) in [5.41, 5.74) is 5.94. The molecule has 0 radical (unpaired) electrons. The van der Waals surface area contributed by atoms with Gasteiger partial charge in [0.1, 0.15) is 0 Å². The summed E-state index contributed by atoms with van der Waals surface area (Å²) in [7, 11) is 0. The van der Waals surface area contributed by atoms with Crippen molar-refractivity contribution in [2.24, 2.45) is 17.6 Å². The highest BCUT2D eigenvalue weighted by atomic mass is 16.5. The van der Waals surface area contributed by atoms with Crippen LogP contribution in [0, 0.1) is 11.8 Å². The Kier molecular flexibility index (Phi) is 3.59. The van der Waals surface area contributed by atoms with E-state index in [1.807, 2.05) is 0 Å². The molecule has 4 heteroatoms. The Morgan fingerprint density at radius 3 is 2.87 bits per heavy atom. The maximum absolute atomic E-state index is 11.7. The van der Waals surface area contributed by atoms with Gasteiger partial charge in [-0.05, 0) is 25.2 Å². The standard InChI is InChI=1S/C11H20N2O2/c12-10-3-1-2-8(10)6-13-11(14)9-4-5-15-7-9/h8-10H,1-7,12H2,(H,13,14). The van der Waals surface area contributed by atoms with E-state index in [9.17, 15) is 4.79 Å². The third-order valence-corrected chi connectivity index (χ3v) is 3.56. The minimum Gasteiger partial charge on any atom is -0.381 e. The average Bonchev–Trinajstić information content (AvgIpc) is 2.85. The average molecular weight is 212 g/mol. The SMILES string of the molecule is NC1CCCC1CNC(=O)C1CCOC1. The number of rotatable bonds is 3. The number of nitrogens with two attached hydrogens (primary N) is 1. The van der Waals surface area contributed by atoms with Crippen LogP contribution in [0.25, 0.3) is 0 Å². The molecule has 2 rings (SSSR count). The lowest BCUT2D eigenvalue weighted by Crippen LogP contribution is -2.38. The van der Waals surface area contributed by atoms with Crippen molar-refractivity contribution in [1.82, 2.24) is 5.32 Å². The number of ether oxygens (including phenoxy) is 1. The monoisotopic (exact) mass is 212 g/mol. The van der Waals surface area contributed by atoms with Gasteiger partial charge in [-0.15, -0.1) is 0 Å². The predicted octanol–water partition coefficient (Wildman–Crippen LogP) is 0.266. The minimum atomic E-state index is 0.0719. The first kappa shape index (κ1) is 10.9. The maximum atomic E-state index is 11.7. The Hall–Kier alpha value is -0.610. The van der Waals surface area contributed by atoms with E-state index in [0.717, 1.165) is 32.4 Å². The first-order valence-corrected chi connectivity index (χ1v) is 5.88. The van der Waals surface area contributed by atoms with Gasteiger partial charge in [-0.3, -0.25) is 4.79 Å². The van der Waals surface area contributed by atoms with Crippen LogP contribution in [-0.4, -0.2) is 31.7 Å². The van der Waals surface area contributed by atoms with Gasteiger partial charge in [0.15, 0.2) is 0 Å². The summed E-state index contributed by atoms with van der Waals surface area (Å²) in [4.78, 5) is 11.7. The summed E-state index contributed by atoms with van der Waals surface area (Å²) in [6.07, 6.45) is 4.33. The Bertz CT molecular complexity index is 227. The number of hydrogen-bond donors (Lipinski definition) is 2. The molecule has 2 aliphatic rings. The van der Waals surface area contributed by atoms with Crippen LogP contribution >= 0.6 is 0 Å².